The van der Waals surface area contributed by atoms with Gasteiger partial charge in [0.25, 0.3) is 0 Å². The molecule has 0 fully saturated rings. The van der Waals surface area contributed by atoms with Crippen LogP contribution in [0, 0.1) is 0 Å². The maximum atomic E-state index is 11.6. The molecule has 7 nitrogen and oxygen atoms in total. The number of unbranched alkanes of at least 4 members (excludes halogenated alkanes) is 3. The molecular weight excluding hydrogens is 284 g/mol. The van der Waals surface area contributed by atoms with E-state index in [1.54, 1.807) is 11.8 Å². The van der Waals surface area contributed by atoms with E-state index in [0.717, 1.165) is 36.3 Å². The summed E-state index contributed by atoms with van der Waals surface area (Å²) in [5.74, 6) is -1.35. The van der Waals surface area contributed by atoms with Crippen LogP contribution in [0.15, 0.2) is 0 Å². The molecule has 0 aliphatic rings. The molecule has 0 bridgehead atoms. The van der Waals surface area contributed by atoms with Crippen molar-refractivity contribution in [2.24, 2.45) is 0 Å². The molecular formula is C12H22N2O5S. The Morgan fingerprint density at radius 3 is 2.05 bits per heavy atom. The van der Waals surface area contributed by atoms with Crippen LogP contribution >= 0.6 is 11.8 Å². The second-order valence-corrected chi connectivity index (χ2v) is 5.27. The summed E-state index contributed by atoms with van der Waals surface area (Å²) < 4.78 is 0. The molecule has 2 amide bonds. The molecule has 0 aromatic rings. The first-order valence-corrected chi connectivity index (χ1v) is 7.82. The fourth-order valence-corrected chi connectivity index (χ4v) is 2.05. The van der Waals surface area contributed by atoms with Gasteiger partial charge in [-0.05, 0) is 24.9 Å². The normalized spacial score (nSPS) is 10.1. The van der Waals surface area contributed by atoms with E-state index in [-0.39, 0.29) is 0 Å². The SMILES string of the molecule is CSCCCCCCNC(=O)N(CC(=O)O)CC(=O)O. The maximum absolute atomic E-state index is 11.6. The van der Waals surface area contributed by atoms with E-state index >= 15 is 0 Å². The average molecular weight is 306 g/mol. The maximum Gasteiger partial charge on any atom is 0.323 e. The number of hydrogen-bond donors (Lipinski definition) is 3. The highest BCUT2D eigenvalue weighted by Gasteiger charge is 2.18. The topological polar surface area (TPSA) is 107 Å². The van der Waals surface area contributed by atoms with Crippen molar-refractivity contribution in [2.45, 2.75) is 25.7 Å². The lowest BCUT2D eigenvalue weighted by atomic mass is 10.2. The molecule has 0 spiro atoms. The van der Waals surface area contributed by atoms with Gasteiger partial charge in [0, 0.05) is 6.54 Å². The van der Waals surface area contributed by atoms with Crippen molar-refractivity contribution in [1.82, 2.24) is 10.2 Å². The zero-order valence-electron chi connectivity index (χ0n) is 11.6. The highest BCUT2D eigenvalue weighted by molar-refractivity contribution is 7.98. The summed E-state index contributed by atoms with van der Waals surface area (Å²) in [6, 6.07) is -0.654. The van der Waals surface area contributed by atoms with E-state index < -0.39 is 31.1 Å². The van der Waals surface area contributed by atoms with E-state index in [1.165, 1.54) is 0 Å². The number of carbonyl (C=O) groups excluding carboxylic acids is 1. The molecule has 3 N–H and O–H groups in total. The van der Waals surface area contributed by atoms with Crippen LogP contribution in [0.1, 0.15) is 25.7 Å². The van der Waals surface area contributed by atoms with Gasteiger partial charge in [-0.25, -0.2) is 4.79 Å². The Morgan fingerprint density at radius 2 is 1.55 bits per heavy atom. The molecule has 0 rings (SSSR count). The number of thioether (sulfide) groups is 1. The summed E-state index contributed by atoms with van der Waals surface area (Å²) in [7, 11) is 0. The van der Waals surface area contributed by atoms with Gasteiger partial charge in [-0.15, -0.1) is 0 Å². The smallest absolute Gasteiger partial charge is 0.323 e. The van der Waals surface area contributed by atoms with Crippen molar-refractivity contribution >= 4 is 29.7 Å². The largest absolute Gasteiger partial charge is 0.480 e. The molecule has 8 heteroatoms. The fraction of sp³-hybridized carbons (Fsp3) is 0.750. The van der Waals surface area contributed by atoms with Crippen LogP contribution in [0.4, 0.5) is 4.79 Å². The minimum atomic E-state index is -1.24. The number of rotatable bonds is 11. The summed E-state index contributed by atoms with van der Waals surface area (Å²) in [4.78, 5) is 33.5. The van der Waals surface area contributed by atoms with Gasteiger partial charge in [-0.1, -0.05) is 12.8 Å². The first kappa shape index (κ1) is 18.6. The van der Waals surface area contributed by atoms with Crippen molar-refractivity contribution in [1.29, 1.82) is 0 Å². The zero-order valence-corrected chi connectivity index (χ0v) is 12.4. The Balaban J connectivity index is 3.89. The van der Waals surface area contributed by atoms with Crippen molar-refractivity contribution in [3.8, 4) is 0 Å². The Morgan fingerprint density at radius 1 is 1.00 bits per heavy atom. The summed E-state index contributed by atoms with van der Waals surface area (Å²) in [6.45, 7) is -0.814. The van der Waals surface area contributed by atoms with Gasteiger partial charge in [0.2, 0.25) is 0 Å². The second kappa shape index (κ2) is 11.4. The molecule has 0 radical (unpaired) electrons. The molecule has 20 heavy (non-hydrogen) atoms. The second-order valence-electron chi connectivity index (χ2n) is 4.28. The van der Waals surface area contributed by atoms with Gasteiger partial charge in [0.15, 0.2) is 0 Å². The molecule has 0 unspecified atom stereocenters. The van der Waals surface area contributed by atoms with E-state index in [2.05, 4.69) is 11.6 Å². The quantitative estimate of drug-likeness (QED) is 0.493. The van der Waals surface area contributed by atoms with Gasteiger partial charge in [-0.2, -0.15) is 11.8 Å². The fourth-order valence-electron chi connectivity index (χ4n) is 1.56. The molecule has 0 aromatic heterocycles. The third-order valence-corrected chi connectivity index (χ3v) is 3.19. The number of aliphatic carboxylic acids is 2. The summed E-state index contributed by atoms with van der Waals surface area (Å²) >= 11 is 1.80. The molecule has 0 saturated carbocycles. The number of carboxylic acids is 2. The number of amides is 2. The van der Waals surface area contributed by atoms with Crippen molar-refractivity contribution in [3.63, 3.8) is 0 Å². The lowest BCUT2D eigenvalue weighted by Gasteiger charge is -2.18. The Hall–Kier alpha value is -1.44. The average Bonchev–Trinajstić information content (AvgIpc) is 2.35. The van der Waals surface area contributed by atoms with Gasteiger partial charge < -0.3 is 20.4 Å². The predicted octanol–water partition coefficient (Wildman–Crippen LogP) is 1.09. The number of nitrogens with one attached hydrogen (secondary N) is 1. The van der Waals surface area contributed by atoms with Crippen LogP contribution in [-0.4, -0.2) is 64.7 Å². The molecule has 0 aliphatic heterocycles. The minimum Gasteiger partial charge on any atom is -0.480 e. The molecule has 0 aliphatic carbocycles. The number of hydrogen-bond acceptors (Lipinski definition) is 4. The van der Waals surface area contributed by atoms with E-state index in [4.69, 9.17) is 10.2 Å². The lowest BCUT2D eigenvalue weighted by molar-refractivity contribution is -0.140. The van der Waals surface area contributed by atoms with Crippen LogP contribution in [0.2, 0.25) is 0 Å². The van der Waals surface area contributed by atoms with Gasteiger partial charge in [-0.3, -0.25) is 9.59 Å². The summed E-state index contributed by atoms with van der Waals surface area (Å²) in [6.07, 6.45) is 6.07. The lowest BCUT2D eigenvalue weighted by Crippen LogP contribution is -2.45. The molecule has 0 heterocycles. The van der Waals surface area contributed by atoms with Crippen LogP contribution in [-0.2, 0) is 9.59 Å². The summed E-state index contributed by atoms with van der Waals surface area (Å²) in [5.41, 5.74) is 0. The highest BCUT2D eigenvalue weighted by Crippen LogP contribution is 2.04. The van der Waals surface area contributed by atoms with Crippen molar-refractivity contribution in [2.75, 3.05) is 31.6 Å². The van der Waals surface area contributed by atoms with Gasteiger partial charge in [0.1, 0.15) is 13.1 Å². The number of urea groups is 1. The molecule has 0 saturated heterocycles. The van der Waals surface area contributed by atoms with Crippen LogP contribution < -0.4 is 5.32 Å². The van der Waals surface area contributed by atoms with E-state index in [0.29, 0.717) is 6.54 Å². The Labute approximate surface area is 122 Å². The number of nitrogens with zero attached hydrogens (tertiary/aromatic N) is 1. The van der Waals surface area contributed by atoms with Crippen LogP contribution in [0.25, 0.3) is 0 Å². The minimum absolute atomic E-state index is 0.424. The first-order chi connectivity index (χ1) is 9.47. The highest BCUT2D eigenvalue weighted by atomic mass is 32.2. The van der Waals surface area contributed by atoms with Gasteiger partial charge in [0.05, 0.1) is 0 Å². The number of carboxylic acid groups (broad SMARTS) is 2. The van der Waals surface area contributed by atoms with Gasteiger partial charge >= 0.3 is 18.0 Å². The first-order valence-electron chi connectivity index (χ1n) is 6.42. The molecule has 0 atom stereocenters. The van der Waals surface area contributed by atoms with Crippen molar-refractivity contribution in [3.05, 3.63) is 0 Å². The standard InChI is InChI=1S/C12H22N2O5S/c1-20-7-5-3-2-4-6-13-12(19)14(8-10(15)16)9-11(17)18/h2-9H2,1H3,(H,13,19)(H,15,16)(H,17,18). The zero-order chi connectivity index (χ0) is 15.4. The van der Waals surface area contributed by atoms with Crippen molar-refractivity contribution < 1.29 is 24.6 Å². The van der Waals surface area contributed by atoms with Crippen LogP contribution in [0.3, 0.4) is 0 Å². The molecule has 0 aromatic carbocycles. The molecule has 116 valence electrons. The Kier molecular flexibility index (Phi) is 10.6. The van der Waals surface area contributed by atoms with E-state index in [1.807, 2.05) is 0 Å². The Bertz CT molecular complexity index is 309. The number of carbonyl (C=O) groups is 3. The monoisotopic (exact) mass is 306 g/mol. The van der Waals surface area contributed by atoms with E-state index in [9.17, 15) is 14.4 Å². The predicted molar refractivity (Wildman–Crippen MR) is 77.1 cm³/mol. The third kappa shape index (κ3) is 10.5. The summed E-state index contributed by atoms with van der Waals surface area (Å²) in [5, 5.41) is 19.8. The third-order valence-electron chi connectivity index (χ3n) is 2.49. The van der Waals surface area contributed by atoms with Crippen LogP contribution in [0.5, 0.6) is 0 Å².